The lowest BCUT2D eigenvalue weighted by Crippen LogP contribution is -2.64. The second kappa shape index (κ2) is 10.4. The molecule has 0 aliphatic carbocycles. The van der Waals surface area contributed by atoms with Gasteiger partial charge in [-0.2, -0.15) is 4.31 Å². The van der Waals surface area contributed by atoms with Gasteiger partial charge in [-0.3, -0.25) is 4.79 Å². The van der Waals surface area contributed by atoms with Crippen LogP contribution in [0.2, 0.25) is 0 Å². The van der Waals surface area contributed by atoms with Crippen molar-refractivity contribution in [1.29, 1.82) is 0 Å². The maximum atomic E-state index is 13.2. The first kappa shape index (κ1) is 26.4. The number of nitrogens with two attached hydrogens (primary N) is 1. The number of aldehydes is 1. The van der Waals surface area contributed by atoms with Crippen LogP contribution in [0.15, 0.2) is 47.4 Å². The molecule has 2 aromatic rings. The number of benzene rings is 2. The number of amides is 3. The molecule has 2 aliphatic heterocycles. The van der Waals surface area contributed by atoms with Crippen molar-refractivity contribution >= 4 is 28.2 Å². The van der Waals surface area contributed by atoms with Crippen LogP contribution in [0.4, 0.5) is 4.79 Å². The minimum Gasteiger partial charge on any atom is -0.497 e. The Bertz CT molecular complexity index is 1290. The van der Waals surface area contributed by atoms with Crippen molar-refractivity contribution in [3.63, 3.8) is 0 Å². The number of ether oxygens (including phenoxy) is 2. The van der Waals surface area contributed by atoms with Crippen LogP contribution >= 0.6 is 0 Å². The van der Waals surface area contributed by atoms with Crippen LogP contribution in [0.3, 0.4) is 0 Å². The molecule has 198 valence electrons. The van der Waals surface area contributed by atoms with Crippen molar-refractivity contribution in [1.82, 2.24) is 14.5 Å². The van der Waals surface area contributed by atoms with E-state index in [1.165, 1.54) is 35.6 Å². The number of methoxy groups -OCH3 is 2. The number of hydrogen-bond donors (Lipinski definition) is 2. The fourth-order valence-corrected chi connectivity index (χ4v) is 6.57. The molecule has 2 heterocycles. The minimum absolute atomic E-state index is 0.0921. The Morgan fingerprint density at radius 2 is 1.73 bits per heavy atom. The first-order chi connectivity index (χ1) is 17.6. The molecule has 1 unspecified atom stereocenters. The number of primary amides is 1. The molecule has 4 rings (SSSR count). The summed E-state index contributed by atoms with van der Waals surface area (Å²) in [6.45, 7) is 0.429. The standard InChI is InChI=1S/C25H30N4O7S/c1-35-19-3-6-21(7-4-19)37(33,34)29-11-9-18(10-12-29)25(16-30,27-24(26)32)15-28-14-17-13-20(36-2)5-8-22(17)23(28)31/h3-8,13,16,18H,9-12,14-15H2,1-2H3,(H3,26,27,32). The summed E-state index contributed by atoms with van der Waals surface area (Å²) in [5.74, 6) is 0.444. The Morgan fingerprint density at radius 1 is 1.11 bits per heavy atom. The third kappa shape index (κ3) is 5.12. The number of fused-ring (bicyclic) bond motifs is 1. The van der Waals surface area contributed by atoms with E-state index in [1.54, 1.807) is 30.3 Å². The van der Waals surface area contributed by atoms with E-state index in [4.69, 9.17) is 15.2 Å². The van der Waals surface area contributed by atoms with Gasteiger partial charge in [0.15, 0.2) is 0 Å². The summed E-state index contributed by atoms with van der Waals surface area (Å²) in [5.41, 5.74) is 5.23. The molecule has 11 nitrogen and oxygen atoms in total. The van der Waals surface area contributed by atoms with Gasteiger partial charge in [0, 0.05) is 25.2 Å². The van der Waals surface area contributed by atoms with E-state index < -0.39 is 27.5 Å². The fraction of sp³-hybridized carbons (Fsp3) is 0.400. The van der Waals surface area contributed by atoms with Gasteiger partial charge in [0.1, 0.15) is 23.3 Å². The minimum atomic E-state index is -3.76. The predicted octanol–water partition coefficient (Wildman–Crippen LogP) is 1.37. The summed E-state index contributed by atoms with van der Waals surface area (Å²) < 4.78 is 38.0. The van der Waals surface area contributed by atoms with Crippen LogP contribution in [0, 0.1) is 5.92 Å². The molecule has 1 atom stereocenters. The van der Waals surface area contributed by atoms with E-state index in [1.807, 2.05) is 0 Å². The lowest BCUT2D eigenvalue weighted by atomic mass is 9.78. The first-order valence-electron chi connectivity index (χ1n) is 11.8. The van der Waals surface area contributed by atoms with E-state index in [-0.39, 0.29) is 49.8 Å². The highest BCUT2D eigenvalue weighted by Crippen LogP contribution is 2.34. The van der Waals surface area contributed by atoms with Crippen molar-refractivity contribution in [3.8, 4) is 11.5 Å². The fourth-order valence-electron chi connectivity index (χ4n) is 5.10. The van der Waals surface area contributed by atoms with Crippen molar-refractivity contribution in [2.45, 2.75) is 29.8 Å². The molecule has 0 aromatic heterocycles. The average molecular weight is 531 g/mol. The quantitative estimate of drug-likeness (QED) is 0.465. The van der Waals surface area contributed by atoms with Gasteiger partial charge in [0.25, 0.3) is 5.91 Å². The second-order valence-electron chi connectivity index (χ2n) is 9.19. The molecule has 0 radical (unpaired) electrons. The maximum absolute atomic E-state index is 13.2. The van der Waals surface area contributed by atoms with Gasteiger partial charge in [0.05, 0.1) is 25.7 Å². The van der Waals surface area contributed by atoms with E-state index >= 15 is 0 Å². The number of nitrogens with zero attached hydrogens (tertiary/aromatic N) is 2. The lowest BCUT2D eigenvalue weighted by molar-refractivity contribution is -0.116. The van der Waals surface area contributed by atoms with Crippen LogP contribution < -0.4 is 20.5 Å². The molecule has 37 heavy (non-hydrogen) atoms. The Balaban J connectivity index is 1.52. The summed E-state index contributed by atoms with van der Waals surface area (Å²) in [7, 11) is -0.726. The topological polar surface area (TPSA) is 148 Å². The summed E-state index contributed by atoms with van der Waals surface area (Å²) in [6, 6.07) is 10.3. The SMILES string of the molecule is COc1ccc(S(=O)(=O)N2CCC(C(C=O)(CN3Cc4cc(OC)ccc4C3=O)NC(N)=O)CC2)cc1. The zero-order chi connectivity index (χ0) is 26.8. The predicted molar refractivity (Wildman–Crippen MR) is 134 cm³/mol. The van der Waals surface area contributed by atoms with E-state index in [2.05, 4.69) is 5.32 Å². The normalized spacial score (nSPS) is 18.1. The molecule has 0 spiro atoms. The number of nitrogens with one attached hydrogen (secondary N) is 1. The highest BCUT2D eigenvalue weighted by atomic mass is 32.2. The number of piperidine rings is 1. The number of carbonyl (C=O) groups is 3. The highest BCUT2D eigenvalue weighted by Gasteiger charge is 2.46. The van der Waals surface area contributed by atoms with Crippen molar-refractivity contribution < 1.29 is 32.3 Å². The zero-order valence-electron chi connectivity index (χ0n) is 20.7. The van der Waals surface area contributed by atoms with E-state index in [0.29, 0.717) is 23.3 Å². The molecule has 1 fully saturated rings. The van der Waals surface area contributed by atoms with Crippen LogP contribution in [-0.2, 0) is 21.4 Å². The molecule has 2 aromatic carbocycles. The molecular weight excluding hydrogens is 500 g/mol. The van der Waals surface area contributed by atoms with Gasteiger partial charge >= 0.3 is 6.03 Å². The van der Waals surface area contributed by atoms with Crippen LogP contribution in [0.25, 0.3) is 0 Å². The first-order valence-corrected chi connectivity index (χ1v) is 13.2. The largest absolute Gasteiger partial charge is 0.497 e. The van der Waals surface area contributed by atoms with Gasteiger partial charge in [-0.15, -0.1) is 0 Å². The molecular formula is C25H30N4O7S. The molecule has 0 bridgehead atoms. The van der Waals surface area contributed by atoms with Gasteiger partial charge in [0.2, 0.25) is 10.0 Å². The smallest absolute Gasteiger partial charge is 0.313 e. The Labute approximate surface area is 215 Å². The van der Waals surface area contributed by atoms with Crippen LogP contribution in [0.5, 0.6) is 11.5 Å². The highest BCUT2D eigenvalue weighted by molar-refractivity contribution is 7.89. The van der Waals surface area contributed by atoms with Gasteiger partial charge < -0.3 is 30.2 Å². The van der Waals surface area contributed by atoms with Crippen LogP contribution in [0.1, 0.15) is 28.8 Å². The number of sulfonamides is 1. The second-order valence-corrected chi connectivity index (χ2v) is 11.1. The maximum Gasteiger partial charge on any atom is 0.313 e. The van der Waals surface area contributed by atoms with Gasteiger partial charge in [-0.1, -0.05) is 0 Å². The number of carbonyl (C=O) groups excluding carboxylic acids is 3. The Kier molecular flexibility index (Phi) is 7.42. The molecule has 3 amide bonds. The number of hydrogen-bond acceptors (Lipinski definition) is 7. The van der Waals surface area contributed by atoms with Gasteiger partial charge in [-0.25, -0.2) is 13.2 Å². The zero-order valence-corrected chi connectivity index (χ0v) is 21.5. The summed E-state index contributed by atoms with van der Waals surface area (Å²) >= 11 is 0. The molecule has 2 aliphatic rings. The Hall–Kier alpha value is -3.64. The van der Waals surface area contributed by atoms with Crippen molar-refractivity contribution in [2.75, 3.05) is 33.9 Å². The lowest BCUT2D eigenvalue weighted by Gasteiger charge is -2.42. The number of rotatable bonds is 9. The Morgan fingerprint density at radius 3 is 2.30 bits per heavy atom. The molecule has 3 N–H and O–H groups in total. The summed E-state index contributed by atoms with van der Waals surface area (Å²) in [5, 5.41) is 2.58. The number of urea groups is 1. The van der Waals surface area contributed by atoms with Gasteiger partial charge in [-0.05, 0) is 66.8 Å². The molecule has 12 heteroatoms. The summed E-state index contributed by atoms with van der Waals surface area (Å²) in [6.07, 6.45) is 1.20. The monoisotopic (exact) mass is 530 g/mol. The average Bonchev–Trinajstić information content (AvgIpc) is 3.21. The third-order valence-corrected chi connectivity index (χ3v) is 9.00. The van der Waals surface area contributed by atoms with Crippen molar-refractivity contribution in [3.05, 3.63) is 53.6 Å². The third-order valence-electron chi connectivity index (χ3n) is 7.09. The van der Waals surface area contributed by atoms with E-state index in [9.17, 15) is 22.8 Å². The van der Waals surface area contributed by atoms with Crippen LogP contribution in [-0.4, -0.2) is 75.2 Å². The van der Waals surface area contributed by atoms with E-state index in [0.717, 1.165) is 5.56 Å². The van der Waals surface area contributed by atoms with Crippen molar-refractivity contribution in [2.24, 2.45) is 11.7 Å². The summed E-state index contributed by atoms with van der Waals surface area (Å²) in [4.78, 5) is 39.2. The molecule has 1 saturated heterocycles. The molecule has 0 saturated carbocycles.